The average molecular weight is 178 g/mol. The number of benzene rings is 1. The van der Waals surface area contributed by atoms with Crippen LogP contribution >= 0.6 is 0 Å². The van der Waals surface area contributed by atoms with E-state index in [1.165, 1.54) is 19.4 Å². The normalized spacial score (nSPS) is 9.92. The second kappa shape index (κ2) is 4.98. The van der Waals surface area contributed by atoms with E-state index >= 15 is 0 Å². The number of para-hydroxylation sites is 1. The second-order valence-corrected chi connectivity index (χ2v) is 2.26. The maximum atomic E-state index is 10.6. The van der Waals surface area contributed by atoms with Crippen LogP contribution in [0.1, 0.15) is 0 Å². The first-order chi connectivity index (χ1) is 6.33. The smallest absolute Gasteiger partial charge is 0.333 e. The van der Waals surface area contributed by atoms with Crippen LogP contribution in [0.2, 0.25) is 0 Å². The number of hydrogen-bond donors (Lipinski definition) is 0. The van der Waals surface area contributed by atoms with Crippen molar-refractivity contribution in [3.63, 3.8) is 0 Å². The minimum Gasteiger partial charge on any atom is -0.466 e. The van der Waals surface area contributed by atoms with Crippen molar-refractivity contribution in [2.75, 3.05) is 7.11 Å². The molecular formula is C10H10O3. The number of hydrogen-bond acceptors (Lipinski definition) is 3. The van der Waals surface area contributed by atoms with E-state index in [0.717, 1.165) is 0 Å². The summed E-state index contributed by atoms with van der Waals surface area (Å²) in [6, 6.07) is 9.17. The molecule has 0 aliphatic carbocycles. The van der Waals surface area contributed by atoms with Gasteiger partial charge in [0.1, 0.15) is 5.75 Å². The van der Waals surface area contributed by atoms with Crippen molar-refractivity contribution < 1.29 is 14.3 Å². The van der Waals surface area contributed by atoms with Crippen molar-refractivity contribution in [1.82, 2.24) is 0 Å². The van der Waals surface area contributed by atoms with Gasteiger partial charge in [-0.25, -0.2) is 4.79 Å². The molecule has 1 rings (SSSR count). The van der Waals surface area contributed by atoms with Gasteiger partial charge in [-0.15, -0.1) is 0 Å². The SMILES string of the molecule is COC(=O)/C=C/Oc1ccccc1. The van der Waals surface area contributed by atoms with Crippen LogP contribution in [0.4, 0.5) is 0 Å². The van der Waals surface area contributed by atoms with E-state index in [1.54, 1.807) is 12.1 Å². The summed E-state index contributed by atoms with van der Waals surface area (Å²) < 4.78 is 9.48. The molecule has 13 heavy (non-hydrogen) atoms. The number of ether oxygens (including phenoxy) is 2. The Hall–Kier alpha value is -1.77. The predicted molar refractivity (Wildman–Crippen MR) is 48.2 cm³/mol. The summed E-state index contributed by atoms with van der Waals surface area (Å²) in [6.07, 6.45) is 2.51. The van der Waals surface area contributed by atoms with Crippen LogP contribution in [0.3, 0.4) is 0 Å². The van der Waals surface area contributed by atoms with Crippen LogP contribution in [0.25, 0.3) is 0 Å². The van der Waals surface area contributed by atoms with Crippen LogP contribution in [-0.2, 0) is 9.53 Å². The Morgan fingerprint density at radius 3 is 2.62 bits per heavy atom. The highest BCUT2D eigenvalue weighted by Gasteiger charge is 1.90. The Kier molecular flexibility index (Phi) is 3.57. The molecular weight excluding hydrogens is 168 g/mol. The molecule has 0 aromatic heterocycles. The zero-order chi connectivity index (χ0) is 9.52. The van der Waals surface area contributed by atoms with Gasteiger partial charge in [-0.05, 0) is 12.1 Å². The molecule has 1 aromatic rings. The van der Waals surface area contributed by atoms with Gasteiger partial charge < -0.3 is 9.47 Å². The van der Waals surface area contributed by atoms with Crippen LogP contribution < -0.4 is 4.74 Å². The highest BCUT2D eigenvalue weighted by molar-refractivity contribution is 5.81. The van der Waals surface area contributed by atoms with Gasteiger partial charge in [0, 0.05) is 0 Å². The molecule has 0 spiro atoms. The first kappa shape index (κ1) is 9.32. The monoisotopic (exact) mass is 178 g/mol. The van der Waals surface area contributed by atoms with Crippen LogP contribution in [0, 0.1) is 0 Å². The summed E-state index contributed by atoms with van der Waals surface area (Å²) in [5.41, 5.74) is 0. The zero-order valence-electron chi connectivity index (χ0n) is 7.27. The third-order valence-electron chi connectivity index (χ3n) is 1.35. The molecule has 3 heteroatoms. The lowest BCUT2D eigenvalue weighted by Crippen LogP contribution is -1.94. The first-order valence-corrected chi connectivity index (χ1v) is 3.79. The maximum Gasteiger partial charge on any atom is 0.333 e. The van der Waals surface area contributed by atoms with Crippen LogP contribution in [0.15, 0.2) is 42.7 Å². The summed E-state index contributed by atoms with van der Waals surface area (Å²) in [5.74, 6) is 0.249. The van der Waals surface area contributed by atoms with Gasteiger partial charge in [-0.2, -0.15) is 0 Å². The molecule has 0 saturated heterocycles. The van der Waals surface area contributed by atoms with Crippen molar-refractivity contribution in [2.24, 2.45) is 0 Å². The molecule has 0 unspecified atom stereocenters. The zero-order valence-corrected chi connectivity index (χ0v) is 7.27. The number of methoxy groups -OCH3 is 1. The van der Waals surface area contributed by atoms with E-state index < -0.39 is 5.97 Å². The van der Waals surface area contributed by atoms with E-state index in [4.69, 9.17) is 4.74 Å². The summed E-state index contributed by atoms with van der Waals surface area (Å²) in [6.45, 7) is 0. The summed E-state index contributed by atoms with van der Waals surface area (Å²) in [4.78, 5) is 10.6. The lowest BCUT2D eigenvalue weighted by Gasteiger charge is -1.97. The molecule has 3 nitrogen and oxygen atoms in total. The Balaban J connectivity index is 2.44. The highest BCUT2D eigenvalue weighted by atomic mass is 16.5. The van der Waals surface area contributed by atoms with E-state index in [2.05, 4.69) is 4.74 Å². The molecule has 0 aliphatic rings. The topological polar surface area (TPSA) is 35.5 Å². The van der Waals surface area contributed by atoms with Gasteiger partial charge in [0.05, 0.1) is 19.4 Å². The molecule has 0 bridgehead atoms. The Morgan fingerprint density at radius 1 is 1.31 bits per heavy atom. The number of rotatable bonds is 3. The predicted octanol–water partition coefficient (Wildman–Crippen LogP) is 1.75. The Bertz CT molecular complexity index is 290. The highest BCUT2D eigenvalue weighted by Crippen LogP contribution is 2.07. The fraction of sp³-hybridized carbons (Fsp3) is 0.100. The molecule has 0 radical (unpaired) electrons. The minimum atomic E-state index is -0.434. The van der Waals surface area contributed by atoms with Gasteiger partial charge in [-0.1, -0.05) is 18.2 Å². The van der Waals surface area contributed by atoms with Gasteiger partial charge in [0.2, 0.25) is 0 Å². The number of carbonyl (C=O) groups excluding carboxylic acids is 1. The fourth-order valence-corrected chi connectivity index (χ4v) is 0.735. The third-order valence-corrected chi connectivity index (χ3v) is 1.35. The Morgan fingerprint density at radius 2 is 2.00 bits per heavy atom. The van der Waals surface area contributed by atoms with E-state index in [9.17, 15) is 4.79 Å². The maximum absolute atomic E-state index is 10.6. The van der Waals surface area contributed by atoms with Crippen molar-refractivity contribution in [2.45, 2.75) is 0 Å². The van der Waals surface area contributed by atoms with E-state index in [0.29, 0.717) is 5.75 Å². The van der Waals surface area contributed by atoms with Crippen LogP contribution in [0.5, 0.6) is 5.75 Å². The molecule has 0 amide bonds. The van der Waals surface area contributed by atoms with E-state index in [1.807, 2.05) is 18.2 Å². The molecule has 1 aromatic carbocycles. The average Bonchev–Trinajstić information content (AvgIpc) is 2.19. The Labute approximate surface area is 76.6 Å². The minimum absolute atomic E-state index is 0.434. The standard InChI is InChI=1S/C10H10O3/c1-12-10(11)7-8-13-9-5-3-2-4-6-9/h2-8H,1H3/b8-7+. The molecule has 68 valence electrons. The van der Waals surface area contributed by atoms with E-state index in [-0.39, 0.29) is 0 Å². The molecule has 0 fully saturated rings. The first-order valence-electron chi connectivity index (χ1n) is 3.79. The van der Waals surface area contributed by atoms with Crippen LogP contribution in [-0.4, -0.2) is 13.1 Å². The number of esters is 1. The van der Waals surface area contributed by atoms with Crippen molar-refractivity contribution in [3.8, 4) is 5.75 Å². The number of carbonyl (C=O) groups is 1. The quantitative estimate of drug-likeness (QED) is 0.402. The van der Waals surface area contributed by atoms with Crippen molar-refractivity contribution >= 4 is 5.97 Å². The van der Waals surface area contributed by atoms with Crippen molar-refractivity contribution in [3.05, 3.63) is 42.7 Å². The van der Waals surface area contributed by atoms with Gasteiger partial charge >= 0.3 is 5.97 Å². The molecule has 0 N–H and O–H groups in total. The van der Waals surface area contributed by atoms with Gasteiger partial charge in [-0.3, -0.25) is 0 Å². The molecule has 0 heterocycles. The largest absolute Gasteiger partial charge is 0.466 e. The summed E-state index contributed by atoms with van der Waals surface area (Å²) in [5, 5.41) is 0. The fourth-order valence-electron chi connectivity index (χ4n) is 0.735. The lowest BCUT2D eigenvalue weighted by molar-refractivity contribution is -0.134. The molecule has 0 atom stereocenters. The summed E-state index contributed by atoms with van der Waals surface area (Å²) in [7, 11) is 1.31. The summed E-state index contributed by atoms with van der Waals surface area (Å²) >= 11 is 0. The second-order valence-electron chi connectivity index (χ2n) is 2.26. The lowest BCUT2D eigenvalue weighted by atomic mass is 10.3. The van der Waals surface area contributed by atoms with Crippen molar-refractivity contribution in [1.29, 1.82) is 0 Å². The third kappa shape index (κ3) is 3.42. The molecule has 0 saturated carbocycles. The van der Waals surface area contributed by atoms with Gasteiger partial charge in [0.15, 0.2) is 0 Å². The van der Waals surface area contributed by atoms with Gasteiger partial charge in [0.25, 0.3) is 0 Å². The molecule has 0 aliphatic heterocycles.